The number of nitrogens with zero attached hydrogens (tertiary/aromatic N) is 1. The van der Waals surface area contributed by atoms with Crippen molar-refractivity contribution in [2.75, 3.05) is 18.1 Å². The maximum atomic E-state index is 13.3. The first-order valence-corrected chi connectivity index (χ1v) is 7.16. The largest absolute Gasteiger partial charge is 0.484 e. The molecule has 3 rings (SSSR count). The Morgan fingerprint density at radius 3 is 2.61 bits per heavy atom. The van der Waals surface area contributed by atoms with Gasteiger partial charge in [0.2, 0.25) is 5.91 Å². The van der Waals surface area contributed by atoms with E-state index in [1.54, 1.807) is 18.2 Å². The first kappa shape index (κ1) is 15.0. The van der Waals surface area contributed by atoms with E-state index in [1.165, 1.54) is 29.2 Å². The van der Waals surface area contributed by atoms with Crippen LogP contribution in [0.25, 0.3) is 0 Å². The van der Waals surface area contributed by atoms with Crippen molar-refractivity contribution in [2.45, 2.75) is 6.42 Å². The summed E-state index contributed by atoms with van der Waals surface area (Å²) < 4.78 is 18.8. The summed E-state index contributed by atoms with van der Waals surface area (Å²) in [7, 11) is 0. The van der Waals surface area contributed by atoms with E-state index in [0.29, 0.717) is 30.0 Å². The Labute approximate surface area is 132 Å². The zero-order chi connectivity index (χ0) is 16.4. The molecule has 2 aromatic rings. The summed E-state index contributed by atoms with van der Waals surface area (Å²) in [6, 6.07) is 10.7. The fourth-order valence-corrected chi connectivity index (χ4v) is 2.55. The van der Waals surface area contributed by atoms with Crippen LogP contribution in [0.15, 0.2) is 42.5 Å². The maximum Gasteiger partial charge on any atom is 0.264 e. The molecular formula is C17H15FN2O3. The molecule has 0 spiro atoms. The van der Waals surface area contributed by atoms with Gasteiger partial charge in [0.15, 0.2) is 6.61 Å². The highest BCUT2D eigenvalue weighted by Gasteiger charge is 2.25. The van der Waals surface area contributed by atoms with Crippen molar-refractivity contribution in [1.29, 1.82) is 0 Å². The molecule has 0 saturated heterocycles. The number of rotatable bonds is 4. The number of anilines is 1. The van der Waals surface area contributed by atoms with Crippen LogP contribution in [-0.2, 0) is 11.2 Å². The zero-order valence-corrected chi connectivity index (χ0v) is 12.3. The normalized spacial score (nSPS) is 12.8. The SMILES string of the molecule is NC(=O)c1ccc(OCC(=O)N2CCc3ccc(F)cc32)cc1. The lowest BCUT2D eigenvalue weighted by Gasteiger charge is -2.17. The van der Waals surface area contributed by atoms with E-state index >= 15 is 0 Å². The smallest absolute Gasteiger partial charge is 0.264 e. The summed E-state index contributed by atoms with van der Waals surface area (Å²) in [5.74, 6) is -0.676. The van der Waals surface area contributed by atoms with Crippen LogP contribution in [0.5, 0.6) is 5.75 Å². The van der Waals surface area contributed by atoms with Crippen LogP contribution in [0, 0.1) is 5.82 Å². The highest BCUT2D eigenvalue weighted by Crippen LogP contribution is 2.28. The number of hydrogen-bond acceptors (Lipinski definition) is 3. The number of nitrogens with two attached hydrogens (primary N) is 1. The Hall–Kier alpha value is -2.89. The van der Waals surface area contributed by atoms with Crippen LogP contribution in [0.4, 0.5) is 10.1 Å². The van der Waals surface area contributed by atoms with Gasteiger partial charge in [-0.25, -0.2) is 4.39 Å². The van der Waals surface area contributed by atoms with Gasteiger partial charge in [-0.05, 0) is 48.4 Å². The fourth-order valence-electron chi connectivity index (χ4n) is 2.55. The van der Waals surface area contributed by atoms with Crippen LogP contribution in [-0.4, -0.2) is 25.0 Å². The van der Waals surface area contributed by atoms with Gasteiger partial charge >= 0.3 is 0 Å². The van der Waals surface area contributed by atoms with Crippen LogP contribution in [0.3, 0.4) is 0 Å². The molecule has 0 bridgehead atoms. The van der Waals surface area contributed by atoms with E-state index in [-0.39, 0.29) is 18.3 Å². The number of amides is 2. The van der Waals surface area contributed by atoms with E-state index in [1.807, 2.05) is 0 Å². The second-order valence-corrected chi connectivity index (χ2v) is 5.25. The Kier molecular flexibility index (Phi) is 3.97. The number of carbonyl (C=O) groups is 2. The standard InChI is InChI=1S/C17H15FN2O3/c18-13-4-1-11-7-8-20(15(11)9-13)16(21)10-23-14-5-2-12(3-6-14)17(19)22/h1-6,9H,7-8,10H2,(H2,19,22). The van der Waals surface area contributed by atoms with Gasteiger partial charge < -0.3 is 15.4 Å². The van der Waals surface area contributed by atoms with Crippen molar-refractivity contribution in [2.24, 2.45) is 5.73 Å². The molecule has 0 radical (unpaired) electrons. The van der Waals surface area contributed by atoms with Crippen molar-refractivity contribution in [3.63, 3.8) is 0 Å². The summed E-state index contributed by atoms with van der Waals surface area (Å²) in [5, 5.41) is 0. The Bertz CT molecular complexity index is 759. The molecule has 5 nitrogen and oxygen atoms in total. The lowest BCUT2D eigenvalue weighted by molar-refractivity contribution is -0.120. The lowest BCUT2D eigenvalue weighted by atomic mass is 10.2. The molecule has 2 aromatic carbocycles. The summed E-state index contributed by atoms with van der Waals surface area (Å²) in [4.78, 5) is 24.8. The molecule has 0 saturated carbocycles. The molecule has 6 heteroatoms. The predicted molar refractivity (Wildman–Crippen MR) is 82.9 cm³/mol. The average Bonchev–Trinajstić information content (AvgIpc) is 2.96. The molecule has 23 heavy (non-hydrogen) atoms. The molecule has 0 unspecified atom stereocenters. The third-order valence-electron chi connectivity index (χ3n) is 3.75. The van der Waals surface area contributed by atoms with Gasteiger partial charge in [0.05, 0.1) is 0 Å². The van der Waals surface area contributed by atoms with Crippen LogP contribution in [0.2, 0.25) is 0 Å². The van der Waals surface area contributed by atoms with Crippen molar-refractivity contribution < 1.29 is 18.7 Å². The molecule has 0 atom stereocenters. The van der Waals surface area contributed by atoms with Gasteiger partial charge in [0.25, 0.3) is 5.91 Å². The van der Waals surface area contributed by atoms with Crippen molar-refractivity contribution in [3.8, 4) is 5.75 Å². The molecule has 0 fully saturated rings. The third-order valence-corrected chi connectivity index (χ3v) is 3.75. The van der Waals surface area contributed by atoms with Gasteiger partial charge in [-0.15, -0.1) is 0 Å². The van der Waals surface area contributed by atoms with Crippen LogP contribution >= 0.6 is 0 Å². The number of fused-ring (bicyclic) bond motifs is 1. The quantitative estimate of drug-likeness (QED) is 0.936. The van der Waals surface area contributed by atoms with E-state index in [9.17, 15) is 14.0 Å². The molecule has 118 valence electrons. The molecular weight excluding hydrogens is 299 g/mol. The maximum absolute atomic E-state index is 13.3. The lowest BCUT2D eigenvalue weighted by Crippen LogP contribution is -2.33. The van der Waals surface area contributed by atoms with Gasteiger partial charge in [0, 0.05) is 17.8 Å². The van der Waals surface area contributed by atoms with E-state index in [4.69, 9.17) is 10.5 Å². The van der Waals surface area contributed by atoms with Crippen LogP contribution in [0.1, 0.15) is 15.9 Å². The highest BCUT2D eigenvalue weighted by molar-refractivity contribution is 5.96. The molecule has 1 aliphatic rings. The second-order valence-electron chi connectivity index (χ2n) is 5.25. The third kappa shape index (κ3) is 3.15. The minimum atomic E-state index is -0.525. The average molecular weight is 314 g/mol. The van der Waals surface area contributed by atoms with Crippen LogP contribution < -0.4 is 15.4 Å². The van der Waals surface area contributed by atoms with Crippen molar-refractivity contribution in [3.05, 3.63) is 59.4 Å². The number of halogens is 1. The summed E-state index contributed by atoms with van der Waals surface area (Å²) in [6.45, 7) is 0.355. The Morgan fingerprint density at radius 1 is 1.17 bits per heavy atom. The van der Waals surface area contributed by atoms with E-state index in [2.05, 4.69) is 0 Å². The first-order valence-electron chi connectivity index (χ1n) is 7.16. The second kappa shape index (κ2) is 6.08. The number of carbonyl (C=O) groups excluding carboxylic acids is 2. The molecule has 0 aliphatic carbocycles. The number of primary amides is 1. The van der Waals surface area contributed by atoms with Gasteiger partial charge in [-0.1, -0.05) is 6.07 Å². The summed E-state index contributed by atoms with van der Waals surface area (Å²) >= 11 is 0. The monoisotopic (exact) mass is 314 g/mol. The highest BCUT2D eigenvalue weighted by atomic mass is 19.1. The zero-order valence-electron chi connectivity index (χ0n) is 12.3. The number of hydrogen-bond donors (Lipinski definition) is 1. The molecule has 2 amide bonds. The summed E-state index contributed by atoms with van der Waals surface area (Å²) in [6.07, 6.45) is 0.703. The molecule has 1 heterocycles. The topological polar surface area (TPSA) is 72.6 Å². The minimum absolute atomic E-state index is 0.161. The Balaban J connectivity index is 1.65. The first-order chi connectivity index (χ1) is 11.0. The fraction of sp³-hybridized carbons (Fsp3) is 0.176. The van der Waals surface area contributed by atoms with Crippen molar-refractivity contribution >= 4 is 17.5 Å². The van der Waals surface area contributed by atoms with Crippen molar-refractivity contribution in [1.82, 2.24) is 0 Å². The number of benzene rings is 2. The molecule has 1 aliphatic heterocycles. The van der Waals surface area contributed by atoms with E-state index in [0.717, 1.165) is 5.56 Å². The van der Waals surface area contributed by atoms with E-state index < -0.39 is 5.91 Å². The van der Waals surface area contributed by atoms with Gasteiger partial charge in [0.1, 0.15) is 11.6 Å². The van der Waals surface area contributed by atoms with Gasteiger partial charge in [-0.2, -0.15) is 0 Å². The number of ether oxygens (including phenoxy) is 1. The molecule has 2 N–H and O–H groups in total. The summed E-state index contributed by atoms with van der Waals surface area (Å²) in [5.41, 5.74) is 7.07. The predicted octanol–water partition coefficient (Wildman–Crippen LogP) is 1.89. The molecule has 0 aromatic heterocycles. The Morgan fingerprint density at radius 2 is 1.91 bits per heavy atom. The minimum Gasteiger partial charge on any atom is -0.484 e. The van der Waals surface area contributed by atoms with Gasteiger partial charge in [-0.3, -0.25) is 9.59 Å².